The highest BCUT2D eigenvalue weighted by molar-refractivity contribution is 6.05. The second kappa shape index (κ2) is 6.67. The molecule has 7 heteroatoms. The normalized spacial score (nSPS) is 11.4. The van der Waals surface area contributed by atoms with Gasteiger partial charge in [0.15, 0.2) is 0 Å². The average molecular weight is 363 g/mol. The lowest BCUT2D eigenvalue weighted by Crippen LogP contribution is -2.13. The van der Waals surface area contributed by atoms with Gasteiger partial charge in [0.25, 0.3) is 5.91 Å². The van der Waals surface area contributed by atoms with Crippen molar-refractivity contribution in [1.29, 1.82) is 0 Å². The Morgan fingerprint density at radius 3 is 2.38 bits per heavy atom. The molecule has 0 saturated heterocycles. The van der Waals surface area contributed by atoms with Gasteiger partial charge in [0.1, 0.15) is 17.3 Å². The monoisotopic (exact) mass is 363 g/mol. The lowest BCUT2D eigenvalue weighted by Gasteiger charge is -2.09. The quantitative estimate of drug-likeness (QED) is 0.610. The van der Waals surface area contributed by atoms with E-state index in [4.69, 9.17) is 4.42 Å². The Morgan fingerprint density at radius 1 is 1.04 bits per heavy atom. The number of carbonyl (C=O) groups is 1. The Kier molecular flexibility index (Phi) is 4.54. The average Bonchev–Trinajstić information content (AvgIpc) is 2.97. The molecule has 0 aliphatic carbocycles. The molecule has 3 rings (SSSR count). The summed E-state index contributed by atoms with van der Waals surface area (Å²) in [5.74, 6) is -0.344. The number of carbonyl (C=O) groups excluding carboxylic acids is 1. The van der Waals surface area contributed by atoms with Crippen LogP contribution in [-0.4, -0.2) is 5.91 Å². The number of hydrogen-bond donors (Lipinski definition) is 1. The molecule has 1 N–H and O–H groups in total. The van der Waals surface area contributed by atoms with Gasteiger partial charge in [-0.15, -0.1) is 0 Å². The van der Waals surface area contributed by atoms with E-state index in [9.17, 15) is 22.4 Å². The predicted octanol–water partition coefficient (Wildman–Crippen LogP) is 5.67. The van der Waals surface area contributed by atoms with Crippen LogP contribution in [0.15, 0.2) is 59.0 Å². The number of rotatable bonds is 3. The molecule has 0 bridgehead atoms. The zero-order valence-corrected chi connectivity index (χ0v) is 13.5. The minimum atomic E-state index is -4.50. The van der Waals surface area contributed by atoms with E-state index in [0.717, 1.165) is 12.1 Å². The number of benzene rings is 2. The molecule has 0 fully saturated rings. The number of alkyl halides is 3. The largest absolute Gasteiger partial charge is 0.461 e. The van der Waals surface area contributed by atoms with E-state index in [1.807, 2.05) is 0 Å². The van der Waals surface area contributed by atoms with Crippen molar-refractivity contribution in [3.63, 3.8) is 0 Å². The van der Waals surface area contributed by atoms with Crippen LogP contribution in [0.3, 0.4) is 0 Å². The van der Waals surface area contributed by atoms with Gasteiger partial charge in [-0.25, -0.2) is 4.39 Å². The van der Waals surface area contributed by atoms with Crippen LogP contribution in [-0.2, 0) is 6.18 Å². The van der Waals surface area contributed by atoms with Crippen LogP contribution in [0.1, 0.15) is 21.7 Å². The molecule has 0 aliphatic rings. The third kappa shape index (κ3) is 3.77. The molecule has 3 aromatic rings. The van der Waals surface area contributed by atoms with Gasteiger partial charge in [-0.2, -0.15) is 13.2 Å². The van der Waals surface area contributed by atoms with E-state index in [2.05, 4.69) is 5.32 Å². The number of anilines is 1. The summed E-state index contributed by atoms with van der Waals surface area (Å²) in [5.41, 5.74) is -0.0747. The minimum Gasteiger partial charge on any atom is -0.461 e. The zero-order valence-electron chi connectivity index (χ0n) is 13.5. The maximum atomic E-state index is 13.0. The Hall–Kier alpha value is -3.09. The first-order chi connectivity index (χ1) is 12.2. The van der Waals surface area contributed by atoms with Crippen LogP contribution < -0.4 is 5.32 Å². The van der Waals surface area contributed by atoms with Gasteiger partial charge in [0.05, 0.1) is 11.1 Å². The summed E-state index contributed by atoms with van der Waals surface area (Å²) in [6.45, 7) is 1.56. The molecule has 0 unspecified atom stereocenters. The zero-order chi connectivity index (χ0) is 18.9. The number of aryl methyl sites for hydroxylation is 1. The first-order valence-corrected chi connectivity index (χ1v) is 7.59. The van der Waals surface area contributed by atoms with Crippen molar-refractivity contribution in [3.05, 3.63) is 77.3 Å². The van der Waals surface area contributed by atoms with Crippen molar-refractivity contribution in [3.8, 4) is 11.3 Å². The highest BCUT2D eigenvalue weighted by atomic mass is 19.4. The van der Waals surface area contributed by atoms with Crippen molar-refractivity contribution >= 4 is 11.6 Å². The number of halogens is 4. The van der Waals surface area contributed by atoms with Crippen LogP contribution in [0, 0.1) is 12.7 Å². The fourth-order valence-corrected chi connectivity index (χ4v) is 2.44. The Morgan fingerprint density at radius 2 is 1.73 bits per heavy atom. The van der Waals surface area contributed by atoms with Crippen LogP contribution in [0.25, 0.3) is 11.3 Å². The summed E-state index contributed by atoms with van der Waals surface area (Å²) in [7, 11) is 0. The summed E-state index contributed by atoms with van der Waals surface area (Å²) in [6.07, 6.45) is -4.50. The SMILES string of the molecule is Cc1oc(-c2ccc(F)cc2)cc1C(=O)Nc1cccc(C(F)(F)F)c1. The van der Waals surface area contributed by atoms with E-state index in [1.165, 1.54) is 42.5 Å². The molecule has 0 atom stereocenters. The van der Waals surface area contributed by atoms with Crippen molar-refractivity contribution < 1.29 is 26.8 Å². The first-order valence-electron chi connectivity index (χ1n) is 7.59. The number of hydrogen-bond acceptors (Lipinski definition) is 2. The van der Waals surface area contributed by atoms with Crippen LogP contribution >= 0.6 is 0 Å². The highest BCUT2D eigenvalue weighted by Gasteiger charge is 2.30. The topological polar surface area (TPSA) is 42.2 Å². The first kappa shape index (κ1) is 17.7. The molecule has 0 saturated carbocycles. The summed E-state index contributed by atoms with van der Waals surface area (Å²) in [6, 6.07) is 11.3. The van der Waals surface area contributed by atoms with Crippen LogP contribution in [0.2, 0.25) is 0 Å². The van der Waals surface area contributed by atoms with Gasteiger partial charge in [-0.05, 0) is 55.5 Å². The van der Waals surface area contributed by atoms with E-state index in [1.54, 1.807) is 6.92 Å². The summed E-state index contributed by atoms with van der Waals surface area (Å²) in [5, 5.41) is 2.43. The lowest BCUT2D eigenvalue weighted by molar-refractivity contribution is -0.137. The van der Waals surface area contributed by atoms with Crippen LogP contribution in [0.5, 0.6) is 0 Å². The molecular weight excluding hydrogens is 350 g/mol. The van der Waals surface area contributed by atoms with Gasteiger partial charge in [-0.1, -0.05) is 6.07 Å². The summed E-state index contributed by atoms with van der Waals surface area (Å²) in [4.78, 5) is 12.4. The minimum absolute atomic E-state index is 0.0220. The maximum absolute atomic E-state index is 13.0. The van der Waals surface area contributed by atoms with E-state index in [0.29, 0.717) is 17.1 Å². The third-order valence-corrected chi connectivity index (χ3v) is 3.74. The van der Waals surface area contributed by atoms with Gasteiger partial charge in [0.2, 0.25) is 0 Å². The van der Waals surface area contributed by atoms with Gasteiger partial charge in [0, 0.05) is 11.3 Å². The molecular formula is C19H13F4NO2. The smallest absolute Gasteiger partial charge is 0.416 e. The molecule has 0 spiro atoms. The van der Waals surface area contributed by atoms with Crippen molar-refractivity contribution in [2.75, 3.05) is 5.32 Å². The second-order valence-corrected chi connectivity index (χ2v) is 5.62. The Labute approximate surface area is 146 Å². The van der Waals surface area contributed by atoms with Crippen molar-refractivity contribution in [2.45, 2.75) is 13.1 Å². The van der Waals surface area contributed by atoms with Crippen molar-refractivity contribution in [2.24, 2.45) is 0 Å². The Balaban J connectivity index is 1.84. The maximum Gasteiger partial charge on any atom is 0.416 e. The number of amides is 1. The molecule has 26 heavy (non-hydrogen) atoms. The van der Waals surface area contributed by atoms with E-state index < -0.39 is 23.5 Å². The van der Waals surface area contributed by atoms with E-state index >= 15 is 0 Å². The van der Waals surface area contributed by atoms with Gasteiger partial charge < -0.3 is 9.73 Å². The third-order valence-electron chi connectivity index (χ3n) is 3.74. The highest BCUT2D eigenvalue weighted by Crippen LogP contribution is 2.31. The van der Waals surface area contributed by atoms with Gasteiger partial charge >= 0.3 is 6.18 Å². The molecule has 1 heterocycles. The molecule has 0 radical (unpaired) electrons. The molecule has 3 nitrogen and oxygen atoms in total. The Bertz CT molecular complexity index is 943. The van der Waals surface area contributed by atoms with Crippen molar-refractivity contribution in [1.82, 2.24) is 0 Å². The fraction of sp³-hybridized carbons (Fsp3) is 0.105. The summed E-state index contributed by atoms with van der Waals surface area (Å²) >= 11 is 0. The molecule has 1 aromatic heterocycles. The lowest BCUT2D eigenvalue weighted by atomic mass is 10.1. The van der Waals surface area contributed by atoms with E-state index in [-0.39, 0.29) is 11.3 Å². The van der Waals surface area contributed by atoms with Crippen LogP contribution in [0.4, 0.5) is 23.2 Å². The molecule has 134 valence electrons. The molecule has 0 aliphatic heterocycles. The van der Waals surface area contributed by atoms with Gasteiger partial charge in [-0.3, -0.25) is 4.79 Å². The fourth-order valence-electron chi connectivity index (χ4n) is 2.44. The standard InChI is InChI=1S/C19H13F4NO2/c1-11-16(10-17(26-11)12-5-7-14(20)8-6-12)18(25)24-15-4-2-3-13(9-15)19(21,22)23/h2-10H,1H3,(H,24,25). The number of nitrogens with one attached hydrogen (secondary N) is 1. The molecule has 2 aromatic carbocycles. The summed E-state index contributed by atoms with van der Waals surface area (Å²) < 4.78 is 56.8. The molecule has 1 amide bonds. The number of furan rings is 1. The second-order valence-electron chi connectivity index (χ2n) is 5.62. The predicted molar refractivity (Wildman–Crippen MR) is 88.2 cm³/mol.